The summed E-state index contributed by atoms with van der Waals surface area (Å²) >= 11 is 0. The van der Waals surface area contributed by atoms with Crippen molar-refractivity contribution in [3.05, 3.63) is 0 Å². The van der Waals surface area contributed by atoms with Crippen molar-refractivity contribution in [2.45, 2.75) is 109 Å². The average Bonchev–Trinajstić information content (AvgIpc) is 2.80. The van der Waals surface area contributed by atoms with Crippen molar-refractivity contribution < 1.29 is 34.0 Å². The van der Waals surface area contributed by atoms with Gasteiger partial charge in [-0.05, 0) is 19.3 Å². The summed E-state index contributed by atoms with van der Waals surface area (Å²) in [5, 5.41) is 19.4. The quantitative estimate of drug-likeness (QED) is 0.153. The van der Waals surface area contributed by atoms with E-state index in [4.69, 9.17) is 19.3 Å². The van der Waals surface area contributed by atoms with Crippen LogP contribution < -0.4 is 0 Å². The number of rotatable bonds is 25. The first kappa shape index (κ1) is 31.3. The second kappa shape index (κ2) is 24.9. The van der Waals surface area contributed by atoms with E-state index >= 15 is 0 Å². The highest BCUT2D eigenvalue weighted by Crippen LogP contribution is 2.17. The van der Waals surface area contributed by atoms with Gasteiger partial charge in [0, 0.05) is 6.42 Å². The zero-order valence-corrected chi connectivity index (χ0v) is 20.7. The molecule has 0 amide bonds. The van der Waals surface area contributed by atoms with E-state index in [1.807, 2.05) is 0 Å². The third-order valence-electron chi connectivity index (χ3n) is 5.55. The number of unbranched alkanes of at least 4 members (excludes halogenated alkanes) is 9. The van der Waals surface area contributed by atoms with Gasteiger partial charge in [-0.1, -0.05) is 71.1 Å². The molecule has 0 fully saturated rings. The van der Waals surface area contributed by atoms with Crippen LogP contribution in [0.3, 0.4) is 0 Å². The van der Waals surface area contributed by atoms with Crippen LogP contribution in [0.25, 0.3) is 0 Å². The lowest BCUT2D eigenvalue weighted by Crippen LogP contribution is -2.30. The molecular weight excluding hydrogens is 412 g/mol. The maximum Gasteiger partial charge on any atom is 0.305 e. The predicted octanol–water partition coefficient (Wildman–Crippen LogP) is 4.41. The summed E-state index contributed by atoms with van der Waals surface area (Å²) in [6, 6.07) is 0. The smallest absolute Gasteiger partial charge is 0.305 e. The third kappa shape index (κ3) is 21.1. The minimum atomic E-state index is -0.437. The standard InChI is InChI=1S/C25H50O7/c1-3-4-5-6-8-11-14-23(27)24(32-22-21-31-20-19-30-18-17-26)15-12-9-7-10-13-16-25(28)29-2/h23-24,26-27H,3-22H2,1-2H3. The van der Waals surface area contributed by atoms with Crippen LogP contribution in [-0.2, 0) is 23.7 Å². The zero-order chi connectivity index (χ0) is 23.7. The van der Waals surface area contributed by atoms with Crippen molar-refractivity contribution in [3.63, 3.8) is 0 Å². The highest BCUT2D eigenvalue weighted by Gasteiger charge is 2.19. The summed E-state index contributed by atoms with van der Waals surface area (Å²) in [6.45, 7) is 4.42. The monoisotopic (exact) mass is 462 g/mol. The molecule has 0 rings (SSSR count). The van der Waals surface area contributed by atoms with E-state index in [1.54, 1.807) is 0 Å². The van der Waals surface area contributed by atoms with E-state index in [0.29, 0.717) is 39.5 Å². The first-order chi connectivity index (χ1) is 15.7. The van der Waals surface area contributed by atoms with Crippen LogP contribution in [0.1, 0.15) is 96.8 Å². The van der Waals surface area contributed by atoms with Crippen LogP contribution in [-0.4, -0.2) is 75.1 Å². The minimum Gasteiger partial charge on any atom is -0.469 e. The van der Waals surface area contributed by atoms with Crippen LogP contribution in [0.5, 0.6) is 0 Å². The van der Waals surface area contributed by atoms with E-state index in [9.17, 15) is 9.90 Å². The number of carbonyl (C=O) groups excluding carboxylic acids is 1. The van der Waals surface area contributed by atoms with Gasteiger partial charge in [-0.25, -0.2) is 0 Å². The fourth-order valence-electron chi connectivity index (χ4n) is 3.60. The molecule has 0 bridgehead atoms. The largest absolute Gasteiger partial charge is 0.469 e. The molecule has 0 aromatic carbocycles. The summed E-state index contributed by atoms with van der Waals surface area (Å²) in [5.41, 5.74) is 0. The van der Waals surface area contributed by atoms with E-state index in [-0.39, 0.29) is 18.7 Å². The Morgan fingerprint density at radius 1 is 0.750 bits per heavy atom. The lowest BCUT2D eigenvalue weighted by Gasteiger charge is -2.24. The summed E-state index contributed by atoms with van der Waals surface area (Å²) in [6.07, 6.45) is 13.8. The maximum absolute atomic E-state index is 11.1. The third-order valence-corrected chi connectivity index (χ3v) is 5.55. The Morgan fingerprint density at radius 2 is 1.31 bits per heavy atom. The molecule has 7 heteroatoms. The summed E-state index contributed by atoms with van der Waals surface area (Å²) in [5.74, 6) is -0.140. The molecule has 0 heterocycles. The van der Waals surface area contributed by atoms with Crippen molar-refractivity contribution in [1.82, 2.24) is 0 Å². The second-order valence-electron chi connectivity index (χ2n) is 8.36. The van der Waals surface area contributed by atoms with Crippen molar-refractivity contribution in [3.8, 4) is 0 Å². The molecule has 192 valence electrons. The van der Waals surface area contributed by atoms with Gasteiger partial charge >= 0.3 is 5.97 Å². The first-order valence-corrected chi connectivity index (χ1v) is 12.8. The molecule has 0 aromatic rings. The van der Waals surface area contributed by atoms with Gasteiger partial charge in [0.25, 0.3) is 0 Å². The Balaban J connectivity index is 4.07. The molecule has 0 saturated carbocycles. The predicted molar refractivity (Wildman–Crippen MR) is 127 cm³/mol. The highest BCUT2D eigenvalue weighted by atomic mass is 16.6. The minimum absolute atomic E-state index is 0.0204. The fourth-order valence-corrected chi connectivity index (χ4v) is 3.60. The molecule has 0 aliphatic rings. The lowest BCUT2D eigenvalue weighted by atomic mass is 9.99. The van der Waals surface area contributed by atoms with Crippen LogP contribution in [0, 0.1) is 0 Å². The Bertz CT molecular complexity index is 392. The van der Waals surface area contributed by atoms with Crippen molar-refractivity contribution >= 4 is 5.97 Å². The molecule has 32 heavy (non-hydrogen) atoms. The Morgan fingerprint density at radius 3 is 1.97 bits per heavy atom. The molecule has 7 nitrogen and oxygen atoms in total. The fraction of sp³-hybridized carbons (Fsp3) is 0.960. The molecule has 2 atom stereocenters. The normalized spacial score (nSPS) is 13.2. The molecule has 0 spiro atoms. The van der Waals surface area contributed by atoms with E-state index in [1.165, 1.54) is 39.2 Å². The molecule has 0 aromatic heterocycles. The second-order valence-corrected chi connectivity index (χ2v) is 8.36. The van der Waals surface area contributed by atoms with Gasteiger partial charge in [-0.2, -0.15) is 0 Å². The SMILES string of the molecule is CCCCCCCCC(O)C(CCCCCCCC(=O)OC)OCCOCCOCCO. The number of hydrogen-bond acceptors (Lipinski definition) is 7. The van der Waals surface area contributed by atoms with Gasteiger partial charge in [0.2, 0.25) is 0 Å². The molecular formula is C25H50O7. The number of carbonyl (C=O) groups is 1. The van der Waals surface area contributed by atoms with Crippen LogP contribution in [0.4, 0.5) is 0 Å². The van der Waals surface area contributed by atoms with Gasteiger partial charge in [0.1, 0.15) is 0 Å². The van der Waals surface area contributed by atoms with Gasteiger partial charge in [-0.3, -0.25) is 4.79 Å². The Kier molecular flexibility index (Phi) is 24.3. The molecule has 2 unspecified atom stereocenters. The average molecular weight is 463 g/mol. The number of esters is 1. The van der Waals surface area contributed by atoms with Crippen molar-refractivity contribution in [2.75, 3.05) is 46.8 Å². The van der Waals surface area contributed by atoms with Gasteiger partial charge < -0.3 is 29.2 Å². The molecule has 0 aliphatic heterocycles. The molecule has 2 N–H and O–H groups in total. The van der Waals surface area contributed by atoms with E-state index < -0.39 is 6.10 Å². The topological polar surface area (TPSA) is 94.5 Å². The Hall–Kier alpha value is -0.730. The lowest BCUT2D eigenvalue weighted by molar-refractivity contribution is -0.140. The number of aliphatic hydroxyl groups is 2. The van der Waals surface area contributed by atoms with E-state index in [0.717, 1.165) is 51.4 Å². The first-order valence-electron chi connectivity index (χ1n) is 12.8. The number of aliphatic hydroxyl groups excluding tert-OH is 2. The number of methoxy groups -OCH3 is 1. The van der Waals surface area contributed by atoms with Gasteiger partial charge in [-0.15, -0.1) is 0 Å². The van der Waals surface area contributed by atoms with Gasteiger partial charge in [0.15, 0.2) is 0 Å². The van der Waals surface area contributed by atoms with Crippen molar-refractivity contribution in [1.29, 1.82) is 0 Å². The Labute approximate surface area is 196 Å². The van der Waals surface area contributed by atoms with E-state index in [2.05, 4.69) is 11.7 Å². The van der Waals surface area contributed by atoms with Crippen molar-refractivity contribution in [2.24, 2.45) is 0 Å². The highest BCUT2D eigenvalue weighted by molar-refractivity contribution is 5.68. The van der Waals surface area contributed by atoms with Crippen LogP contribution in [0.15, 0.2) is 0 Å². The summed E-state index contributed by atoms with van der Waals surface area (Å²) in [7, 11) is 1.43. The summed E-state index contributed by atoms with van der Waals surface area (Å²) in [4.78, 5) is 11.1. The molecule has 0 aliphatic carbocycles. The molecule has 0 saturated heterocycles. The maximum atomic E-state index is 11.1. The zero-order valence-electron chi connectivity index (χ0n) is 20.7. The number of hydrogen-bond donors (Lipinski definition) is 2. The van der Waals surface area contributed by atoms with Crippen LogP contribution in [0.2, 0.25) is 0 Å². The molecule has 0 radical (unpaired) electrons. The number of ether oxygens (including phenoxy) is 4. The van der Waals surface area contributed by atoms with Gasteiger partial charge in [0.05, 0.1) is 59.0 Å². The van der Waals surface area contributed by atoms with Crippen LogP contribution >= 0.6 is 0 Å². The summed E-state index contributed by atoms with van der Waals surface area (Å²) < 4.78 is 21.3.